The van der Waals surface area contributed by atoms with Crippen LogP contribution in [-0.4, -0.2) is 6.61 Å². The van der Waals surface area contributed by atoms with Crippen LogP contribution in [0.25, 0.3) is 0 Å². The summed E-state index contributed by atoms with van der Waals surface area (Å²) in [7, 11) is 0. The molecule has 0 heterocycles. The van der Waals surface area contributed by atoms with Crippen molar-refractivity contribution in [3.63, 3.8) is 0 Å². The maximum absolute atomic E-state index is 9.78. The standard InChI is InChI=1S/C6H12O/c1-2-3-4-5-6-7/h3H,2,4-6H2,1H3. The molecule has 0 aromatic carbocycles. The molecule has 7 heavy (non-hydrogen) atoms. The highest BCUT2D eigenvalue weighted by Gasteiger charge is 1.82. The van der Waals surface area contributed by atoms with Crippen molar-refractivity contribution in [3.05, 3.63) is 6.42 Å². The molecule has 42 valence electrons. The van der Waals surface area contributed by atoms with Gasteiger partial charge in [0, 0.05) is 0 Å². The molecule has 2 radical (unpaired) electrons. The Morgan fingerprint density at radius 1 is 1.57 bits per heavy atom. The first kappa shape index (κ1) is 6.96. The second-order valence-corrected chi connectivity index (χ2v) is 1.54. The van der Waals surface area contributed by atoms with E-state index in [0.717, 1.165) is 19.3 Å². The van der Waals surface area contributed by atoms with E-state index in [0.29, 0.717) is 0 Å². The fraction of sp³-hybridized carbons (Fsp3) is 0.833. The summed E-state index contributed by atoms with van der Waals surface area (Å²) in [5.41, 5.74) is 0. The molecule has 0 unspecified atom stereocenters. The lowest BCUT2D eigenvalue weighted by atomic mass is 10.2. The Hall–Kier alpha value is -0.0400. The fourth-order valence-corrected chi connectivity index (χ4v) is 0.432. The third-order valence-corrected chi connectivity index (χ3v) is 0.841. The normalized spacial score (nSPS) is 9.43. The molecule has 0 amide bonds. The van der Waals surface area contributed by atoms with Crippen molar-refractivity contribution >= 4 is 0 Å². The molecule has 0 saturated heterocycles. The average Bonchev–Trinajstić information content (AvgIpc) is 1.69. The molecule has 1 nitrogen and oxygen atoms in total. The summed E-state index contributed by atoms with van der Waals surface area (Å²) in [6, 6.07) is 0. The molecular formula is C6H12O. The third-order valence-electron chi connectivity index (χ3n) is 0.841. The summed E-state index contributed by atoms with van der Waals surface area (Å²) in [5, 5.41) is 9.78. The summed E-state index contributed by atoms with van der Waals surface area (Å²) >= 11 is 0. The molecule has 0 atom stereocenters. The third kappa shape index (κ3) is 5.96. The van der Waals surface area contributed by atoms with Crippen LogP contribution in [0.5, 0.6) is 0 Å². The van der Waals surface area contributed by atoms with Gasteiger partial charge in [0.2, 0.25) is 0 Å². The number of hydrogen-bond acceptors (Lipinski definition) is 0. The second kappa shape index (κ2) is 5.96. The van der Waals surface area contributed by atoms with Gasteiger partial charge < -0.3 is 0 Å². The number of unbranched alkanes of at least 4 members (excludes halogenated alkanes) is 3. The second-order valence-electron chi connectivity index (χ2n) is 1.54. The van der Waals surface area contributed by atoms with Crippen molar-refractivity contribution in [3.8, 4) is 0 Å². The number of rotatable bonds is 4. The summed E-state index contributed by atoms with van der Waals surface area (Å²) in [6.45, 7) is 2.17. The van der Waals surface area contributed by atoms with Crippen LogP contribution in [0.15, 0.2) is 0 Å². The van der Waals surface area contributed by atoms with Crippen molar-refractivity contribution in [1.29, 1.82) is 0 Å². The molecule has 0 aliphatic carbocycles. The highest BCUT2D eigenvalue weighted by Crippen LogP contribution is 1.94. The van der Waals surface area contributed by atoms with E-state index in [2.05, 4.69) is 13.3 Å². The van der Waals surface area contributed by atoms with E-state index in [4.69, 9.17) is 0 Å². The summed E-state index contributed by atoms with van der Waals surface area (Å²) in [5.74, 6) is 0. The van der Waals surface area contributed by atoms with Crippen LogP contribution >= 0.6 is 0 Å². The minimum absolute atomic E-state index is 0.0799. The van der Waals surface area contributed by atoms with Crippen molar-refractivity contribution in [2.45, 2.75) is 26.2 Å². The van der Waals surface area contributed by atoms with E-state index in [-0.39, 0.29) is 6.61 Å². The van der Waals surface area contributed by atoms with Gasteiger partial charge in [0.25, 0.3) is 0 Å². The van der Waals surface area contributed by atoms with Gasteiger partial charge in [-0.1, -0.05) is 13.3 Å². The van der Waals surface area contributed by atoms with Crippen LogP contribution in [0.1, 0.15) is 26.2 Å². The van der Waals surface area contributed by atoms with Crippen molar-refractivity contribution in [2.75, 3.05) is 6.61 Å². The van der Waals surface area contributed by atoms with Gasteiger partial charge >= 0.3 is 0 Å². The lowest BCUT2D eigenvalue weighted by Crippen LogP contribution is -1.79. The van der Waals surface area contributed by atoms with Crippen molar-refractivity contribution in [2.24, 2.45) is 0 Å². The predicted octanol–water partition coefficient (Wildman–Crippen LogP) is 1.81. The molecule has 0 bridgehead atoms. The van der Waals surface area contributed by atoms with Gasteiger partial charge in [-0.2, -0.15) is 0 Å². The number of hydrogen-bond donors (Lipinski definition) is 0. The van der Waals surface area contributed by atoms with E-state index in [1.165, 1.54) is 0 Å². The van der Waals surface area contributed by atoms with Gasteiger partial charge in [-0.15, -0.1) is 0 Å². The first-order chi connectivity index (χ1) is 3.41. The Morgan fingerprint density at radius 3 is 2.71 bits per heavy atom. The molecule has 0 aliphatic rings. The minimum Gasteiger partial charge on any atom is -0.237 e. The predicted molar refractivity (Wildman–Crippen MR) is 29.4 cm³/mol. The molecule has 0 fully saturated rings. The Balaban J connectivity index is 2.45. The van der Waals surface area contributed by atoms with Crippen LogP contribution < -0.4 is 0 Å². The topological polar surface area (TPSA) is 19.9 Å². The van der Waals surface area contributed by atoms with Gasteiger partial charge in [0.15, 0.2) is 0 Å². The first-order valence-electron chi connectivity index (χ1n) is 2.81. The highest BCUT2D eigenvalue weighted by atomic mass is 16.2. The van der Waals surface area contributed by atoms with Gasteiger partial charge in [-0.05, 0) is 19.3 Å². The largest absolute Gasteiger partial charge is 0.237 e. The molecule has 0 aromatic heterocycles. The Morgan fingerprint density at radius 2 is 2.29 bits per heavy atom. The maximum Gasteiger partial charge on any atom is 0.0822 e. The summed E-state index contributed by atoms with van der Waals surface area (Å²) in [6.07, 6.45) is 5.05. The lowest BCUT2D eigenvalue weighted by molar-refractivity contribution is 0.189. The zero-order valence-corrected chi connectivity index (χ0v) is 4.81. The molecular weight excluding hydrogens is 88.1 g/mol. The van der Waals surface area contributed by atoms with E-state index in [1.54, 1.807) is 0 Å². The van der Waals surface area contributed by atoms with E-state index in [9.17, 15) is 5.11 Å². The Kier molecular flexibility index (Phi) is 5.93. The van der Waals surface area contributed by atoms with Crippen LogP contribution in [0.2, 0.25) is 0 Å². The monoisotopic (exact) mass is 100 g/mol. The van der Waals surface area contributed by atoms with Crippen LogP contribution in [0.4, 0.5) is 0 Å². The molecule has 1 heteroatoms. The zero-order chi connectivity index (χ0) is 5.54. The van der Waals surface area contributed by atoms with Crippen molar-refractivity contribution in [1.82, 2.24) is 0 Å². The van der Waals surface area contributed by atoms with E-state index in [1.807, 2.05) is 0 Å². The first-order valence-corrected chi connectivity index (χ1v) is 2.81. The van der Waals surface area contributed by atoms with Gasteiger partial charge in [0.05, 0.1) is 6.61 Å². The zero-order valence-electron chi connectivity index (χ0n) is 4.81. The van der Waals surface area contributed by atoms with E-state index >= 15 is 0 Å². The van der Waals surface area contributed by atoms with Gasteiger partial charge in [-0.25, -0.2) is 5.11 Å². The van der Waals surface area contributed by atoms with Crippen LogP contribution in [0.3, 0.4) is 0 Å². The van der Waals surface area contributed by atoms with Crippen LogP contribution in [0, 0.1) is 6.42 Å². The smallest absolute Gasteiger partial charge is 0.0822 e. The molecule has 0 aliphatic heterocycles. The minimum atomic E-state index is 0.0799. The molecule has 0 spiro atoms. The van der Waals surface area contributed by atoms with Crippen LogP contribution in [-0.2, 0) is 5.11 Å². The fourth-order valence-electron chi connectivity index (χ4n) is 0.432. The Labute approximate surface area is 45.4 Å². The molecule has 0 aromatic rings. The van der Waals surface area contributed by atoms with Crippen molar-refractivity contribution < 1.29 is 5.11 Å². The molecule has 0 saturated carbocycles. The maximum atomic E-state index is 9.78. The average molecular weight is 100 g/mol. The SMILES string of the molecule is CC[CH]CCC[O]. The quantitative estimate of drug-likeness (QED) is 0.480. The van der Waals surface area contributed by atoms with Gasteiger partial charge in [-0.3, -0.25) is 0 Å². The molecule has 0 N–H and O–H groups in total. The highest BCUT2D eigenvalue weighted by molar-refractivity contribution is 4.59. The van der Waals surface area contributed by atoms with E-state index < -0.39 is 0 Å². The lowest BCUT2D eigenvalue weighted by Gasteiger charge is -1.88. The van der Waals surface area contributed by atoms with Gasteiger partial charge in [0.1, 0.15) is 0 Å². The summed E-state index contributed by atoms with van der Waals surface area (Å²) < 4.78 is 0. The summed E-state index contributed by atoms with van der Waals surface area (Å²) in [4.78, 5) is 0. The molecule has 0 rings (SSSR count). The Bertz CT molecular complexity index is 23.4.